The van der Waals surface area contributed by atoms with E-state index in [0.29, 0.717) is 23.8 Å². The molecule has 88 heavy (non-hydrogen) atoms. The van der Waals surface area contributed by atoms with Crippen molar-refractivity contribution in [2.75, 3.05) is 7.05 Å². The van der Waals surface area contributed by atoms with E-state index in [2.05, 4.69) is 83.1 Å². The molecule has 0 saturated heterocycles. The van der Waals surface area contributed by atoms with Gasteiger partial charge in [0.1, 0.15) is 0 Å². The number of hydrogen-bond acceptors (Lipinski definition) is 12. The van der Waals surface area contributed by atoms with E-state index in [1.54, 1.807) is 88.0 Å². The highest BCUT2D eigenvalue weighted by atomic mass is 32.2. The Morgan fingerprint density at radius 1 is 0.330 bits per heavy atom. The minimum atomic E-state index is -2.98. The van der Waals surface area contributed by atoms with Gasteiger partial charge in [0.05, 0.1) is 42.0 Å². The van der Waals surface area contributed by atoms with Crippen LogP contribution in [0, 0.1) is 47.3 Å². The molecule has 0 aromatic rings. The van der Waals surface area contributed by atoms with Crippen LogP contribution in [0.15, 0.2) is 0 Å². The molecule has 0 aliphatic carbocycles. The molecule has 19 heteroatoms. The molecule has 0 rings (SSSR count). The van der Waals surface area contributed by atoms with Crippen LogP contribution in [-0.2, 0) is 76.2 Å². The molecule has 0 aromatic carbocycles. The molecule has 0 fully saturated rings. The number of sulfone groups is 3. The average Bonchev–Trinajstić information content (AvgIpc) is 3.35. The summed E-state index contributed by atoms with van der Waals surface area (Å²) >= 11 is 0. The fourth-order valence-electron chi connectivity index (χ4n) is 6.36. The lowest BCUT2D eigenvalue weighted by molar-refractivity contribution is -0.151. The summed E-state index contributed by atoms with van der Waals surface area (Å²) in [5.74, 6) is 2.11. The maximum atomic E-state index is 11.8. The van der Waals surface area contributed by atoms with Crippen molar-refractivity contribution in [1.82, 2.24) is 4.90 Å². The first-order chi connectivity index (χ1) is 38.3. The molecule has 3 unspecified atom stereocenters. The number of carbonyl (C=O) groups is 2. The topological polar surface area (TPSA) is 200 Å². The summed E-state index contributed by atoms with van der Waals surface area (Å²) in [6, 6.07) is 0.315. The van der Waals surface area contributed by atoms with Crippen molar-refractivity contribution in [1.29, 1.82) is 0 Å². The third kappa shape index (κ3) is 35.7. The van der Waals surface area contributed by atoms with Gasteiger partial charge in [-0.05, 0) is 188 Å². The predicted octanol–water partition coefficient (Wildman–Crippen LogP) is 17.6. The molecule has 0 saturated carbocycles. The van der Waals surface area contributed by atoms with Gasteiger partial charge < -0.3 is 9.64 Å². The van der Waals surface area contributed by atoms with Crippen molar-refractivity contribution in [2.45, 2.75) is 377 Å². The second-order valence-electron chi connectivity index (χ2n) is 31.2. The fraction of sp³-hybridized carbons (Fsp3) is 0.971. The van der Waals surface area contributed by atoms with Crippen LogP contribution in [0.4, 0.5) is 0 Å². The molecule has 1 amide bonds. The van der Waals surface area contributed by atoms with Gasteiger partial charge in [-0.25, -0.2) is 25.3 Å². The van der Waals surface area contributed by atoms with Crippen LogP contribution in [-0.4, -0.2) is 134 Å². The molecule has 0 spiro atoms. The third-order valence-electron chi connectivity index (χ3n) is 17.7. The monoisotopic (exact) mass is 1380 g/mol. The van der Waals surface area contributed by atoms with Gasteiger partial charge in [0.15, 0.2) is 29.5 Å². The molecule has 540 valence electrons. The first-order valence-corrected chi connectivity index (χ1v) is 41.0. The Balaban J connectivity index is -0.000000139. The van der Waals surface area contributed by atoms with E-state index in [1.807, 2.05) is 146 Å². The second-order valence-corrected chi connectivity index (χ2v) is 48.2. The predicted molar refractivity (Wildman–Crippen MR) is 394 cm³/mol. The van der Waals surface area contributed by atoms with Gasteiger partial charge in [-0.1, -0.05) is 152 Å². The highest BCUT2D eigenvalue weighted by Gasteiger charge is 2.41. The SMILES string of the molecule is CC(C)C(=O)N(C)C(C)C.CC(C)C(C)(C)S(=O)(=O)C(C)C.CC(C)C(C)(C)S(=O)(=O)C(C)C.CC(C)C(C)(C)S(=O)(=O)C(C)C.CC(C)OC(=O)C(C)C.CC(C)S(=O)C(C)(C)C(C)C.CC(C)S(=O)C(C)(C)C(C)C.CC(C)S(=O)C(C)(C)C(C)C. The van der Waals surface area contributed by atoms with Gasteiger partial charge in [0.25, 0.3) is 0 Å². The number of carbonyl (C=O) groups excluding carboxylic acids is 2. The smallest absolute Gasteiger partial charge is 0.308 e. The molecule has 0 aliphatic rings. The summed E-state index contributed by atoms with van der Waals surface area (Å²) < 4.78 is 109. The number of amides is 1. The largest absolute Gasteiger partial charge is 0.463 e. The Bertz CT molecular complexity index is 2120. The molecular formula is C69H151NO12S6. The van der Waals surface area contributed by atoms with Crippen LogP contribution in [0.2, 0.25) is 0 Å². The van der Waals surface area contributed by atoms with Gasteiger partial charge in [0, 0.05) is 81.4 Å². The fourth-order valence-corrected chi connectivity index (χ4v) is 17.0. The van der Waals surface area contributed by atoms with Crippen LogP contribution in [0.5, 0.6) is 0 Å². The standard InChI is InChI=1S/3C9H20O2S.3C9H20OS.C8H17NO.C7H14O2/c3*1-7(2)9(5,6)12(10,11)8(3)4;3*1-7(2)9(5,6)11(10)8(3)4;1-6(2)8(10)9(5)7(3)4;1-5(2)7(8)9-6(3)4/h3*7-8H,1-6H3;3*7-8H,1-6H3;6-7H,1-5H3;5-6H,1-4H3. The van der Waals surface area contributed by atoms with E-state index in [9.17, 15) is 47.5 Å². The second kappa shape index (κ2) is 43.3. The van der Waals surface area contributed by atoms with Crippen molar-refractivity contribution in [2.24, 2.45) is 47.3 Å². The highest BCUT2D eigenvalue weighted by molar-refractivity contribution is 7.94. The summed E-state index contributed by atoms with van der Waals surface area (Å²) in [5, 5.41) is -0.0353. The molecule has 0 N–H and O–H groups in total. The van der Waals surface area contributed by atoms with Crippen LogP contribution < -0.4 is 0 Å². The van der Waals surface area contributed by atoms with E-state index in [4.69, 9.17) is 4.74 Å². The minimum absolute atomic E-state index is 0.00704. The van der Waals surface area contributed by atoms with Crippen LogP contribution in [0.1, 0.15) is 305 Å². The Morgan fingerprint density at radius 3 is 0.557 bits per heavy atom. The van der Waals surface area contributed by atoms with Crippen molar-refractivity contribution in [3.8, 4) is 0 Å². The van der Waals surface area contributed by atoms with Crippen molar-refractivity contribution >= 4 is 73.8 Å². The summed E-state index contributed by atoms with van der Waals surface area (Å²) in [6.45, 7) is 85.4. The van der Waals surface area contributed by atoms with Crippen LogP contribution in [0.3, 0.4) is 0 Å². The van der Waals surface area contributed by atoms with E-state index in [1.165, 1.54) is 0 Å². The summed E-state index contributed by atoms with van der Waals surface area (Å²) in [5.41, 5.74) is 0. The van der Waals surface area contributed by atoms with Crippen LogP contribution >= 0.6 is 0 Å². The molecule has 0 aromatic heterocycles. The summed E-state index contributed by atoms with van der Waals surface area (Å²) in [6.07, 6.45) is 0.0138. The first-order valence-electron chi connectivity index (χ1n) is 32.7. The number of hydrogen-bond donors (Lipinski definition) is 0. The van der Waals surface area contributed by atoms with E-state index >= 15 is 0 Å². The first kappa shape index (κ1) is 103. The summed E-state index contributed by atoms with van der Waals surface area (Å²) in [4.78, 5) is 23.7. The van der Waals surface area contributed by atoms with Gasteiger partial charge in [0.2, 0.25) is 5.91 Å². The van der Waals surface area contributed by atoms with Crippen molar-refractivity contribution in [3.63, 3.8) is 0 Å². The number of nitrogens with zero attached hydrogens (tertiary/aromatic N) is 1. The number of ether oxygens (including phenoxy) is 1. The lowest BCUT2D eigenvalue weighted by Gasteiger charge is -2.30. The maximum absolute atomic E-state index is 11.8. The molecule has 3 atom stereocenters. The number of rotatable bonds is 22. The van der Waals surface area contributed by atoms with Crippen LogP contribution in [0.25, 0.3) is 0 Å². The molecule has 0 heterocycles. The van der Waals surface area contributed by atoms with Gasteiger partial charge in [-0.3, -0.25) is 22.2 Å². The summed E-state index contributed by atoms with van der Waals surface area (Å²) in [7, 11) is -9.22. The molecule has 13 nitrogen and oxygen atoms in total. The van der Waals surface area contributed by atoms with Gasteiger partial charge in [-0.2, -0.15) is 0 Å². The molecular weight excluding hydrogens is 1230 g/mol. The zero-order valence-electron chi connectivity index (χ0n) is 66.0. The molecule has 0 aliphatic heterocycles. The van der Waals surface area contributed by atoms with E-state index < -0.39 is 76.2 Å². The highest BCUT2D eigenvalue weighted by Crippen LogP contribution is 2.32. The lowest BCUT2D eigenvalue weighted by Crippen LogP contribution is -2.41. The Labute approximate surface area is 558 Å². The van der Waals surface area contributed by atoms with Crippen molar-refractivity contribution in [3.05, 3.63) is 0 Å². The molecule has 0 bridgehead atoms. The number of esters is 1. The average molecular weight is 1380 g/mol. The van der Waals surface area contributed by atoms with Crippen molar-refractivity contribution < 1.29 is 52.2 Å². The third-order valence-corrected chi connectivity index (χ3v) is 34.3. The van der Waals surface area contributed by atoms with E-state index in [0.717, 1.165) is 0 Å². The minimum Gasteiger partial charge on any atom is -0.463 e. The zero-order chi connectivity index (χ0) is 73.9. The van der Waals surface area contributed by atoms with E-state index in [-0.39, 0.29) is 93.3 Å². The lowest BCUT2D eigenvalue weighted by atomic mass is 10.00. The Kier molecular flexibility index (Phi) is 50.9. The Morgan fingerprint density at radius 2 is 0.511 bits per heavy atom. The van der Waals surface area contributed by atoms with Gasteiger partial charge >= 0.3 is 5.97 Å². The maximum Gasteiger partial charge on any atom is 0.308 e. The Hall–Kier alpha value is -0.760. The zero-order valence-corrected chi connectivity index (χ0v) is 70.9. The molecule has 0 radical (unpaired) electrons. The van der Waals surface area contributed by atoms with Gasteiger partial charge in [-0.15, -0.1) is 0 Å². The quantitative estimate of drug-likeness (QED) is 0.0930. The normalized spacial score (nSPS) is 14.1.